The molecule has 21 heavy (non-hydrogen) atoms. The van der Waals surface area contributed by atoms with Gasteiger partial charge in [-0.25, -0.2) is 0 Å². The lowest BCUT2D eigenvalue weighted by Crippen LogP contribution is -2.34. The number of benzene rings is 1. The van der Waals surface area contributed by atoms with Gasteiger partial charge >= 0.3 is 0 Å². The summed E-state index contributed by atoms with van der Waals surface area (Å²) in [6.45, 7) is 2.67. The Morgan fingerprint density at radius 3 is 2.62 bits per heavy atom. The second-order valence-corrected chi connectivity index (χ2v) is 5.68. The Morgan fingerprint density at radius 1 is 1.10 bits per heavy atom. The van der Waals surface area contributed by atoms with Gasteiger partial charge in [0, 0.05) is 6.54 Å². The van der Waals surface area contributed by atoms with Crippen LogP contribution >= 0.6 is 0 Å². The number of hydrogen-bond acceptors (Lipinski definition) is 2. The molecule has 0 saturated carbocycles. The van der Waals surface area contributed by atoms with E-state index in [9.17, 15) is 4.79 Å². The molecule has 0 aliphatic carbocycles. The maximum Gasteiger partial charge on any atom is 0.290 e. The van der Waals surface area contributed by atoms with Gasteiger partial charge in [-0.3, -0.25) is 4.79 Å². The largest absolute Gasteiger partial charge is 0.456 e. The van der Waals surface area contributed by atoms with E-state index in [1.165, 1.54) is 18.4 Å². The molecule has 0 spiro atoms. The number of furan rings is 1. The first-order valence-electron chi connectivity index (χ1n) is 7.68. The van der Waals surface area contributed by atoms with Crippen molar-refractivity contribution < 1.29 is 9.21 Å². The highest BCUT2D eigenvalue weighted by atomic mass is 16.3. The molecule has 3 heteroatoms. The molecule has 0 N–H and O–H groups in total. The van der Waals surface area contributed by atoms with E-state index in [1.54, 1.807) is 6.07 Å². The quantitative estimate of drug-likeness (QED) is 0.821. The number of amides is 1. The Morgan fingerprint density at radius 2 is 1.90 bits per heavy atom. The van der Waals surface area contributed by atoms with Crippen LogP contribution in [0.3, 0.4) is 0 Å². The zero-order valence-corrected chi connectivity index (χ0v) is 12.4. The van der Waals surface area contributed by atoms with Crippen LogP contribution in [0.15, 0.2) is 46.9 Å². The van der Waals surface area contributed by atoms with Gasteiger partial charge < -0.3 is 9.32 Å². The van der Waals surface area contributed by atoms with Gasteiger partial charge in [0.1, 0.15) is 5.76 Å². The summed E-state index contributed by atoms with van der Waals surface area (Å²) in [7, 11) is 0. The number of carbonyl (C=O) groups excluding carboxylic acids is 1. The van der Waals surface area contributed by atoms with E-state index < -0.39 is 0 Å². The van der Waals surface area contributed by atoms with Crippen molar-refractivity contribution in [3.8, 4) is 0 Å². The summed E-state index contributed by atoms with van der Waals surface area (Å²) in [6.07, 6.45) is 4.44. The van der Waals surface area contributed by atoms with Crippen molar-refractivity contribution in [2.24, 2.45) is 0 Å². The molecule has 2 heterocycles. The van der Waals surface area contributed by atoms with Gasteiger partial charge in [-0.1, -0.05) is 43.2 Å². The predicted octanol–water partition coefficient (Wildman–Crippen LogP) is 4.35. The van der Waals surface area contributed by atoms with Crippen LogP contribution in [0.1, 0.15) is 53.6 Å². The van der Waals surface area contributed by atoms with E-state index in [-0.39, 0.29) is 11.9 Å². The number of hydrogen-bond donors (Lipinski definition) is 0. The van der Waals surface area contributed by atoms with Crippen LogP contribution in [0.4, 0.5) is 0 Å². The molecule has 1 saturated heterocycles. The number of likely N-dealkylation sites (tertiary alicyclic amines) is 1. The smallest absolute Gasteiger partial charge is 0.290 e. The number of nitrogens with zero attached hydrogens (tertiary/aromatic N) is 1. The van der Waals surface area contributed by atoms with Crippen molar-refractivity contribution in [3.63, 3.8) is 0 Å². The van der Waals surface area contributed by atoms with E-state index in [4.69, 9.17) is 4.42 Å². The molecule has 1 amide bonds. The fourth-order valence-electron chi connectivity index (χ4n) is 3.06. The van der Waals surface area contributed by atoms with Crippen LogP contribution in [0.25, 0.3) is 0 Å². The first kappa shape index (κ1) is 13.9. The normalized spacial score (nSPS) is 19.3. The highest BCUT2D eigenvalue weighted by Gasteiger charge is 2.28. The fourth-order valence-corrected chi connectivity index (χ4v) is 3.06. The topological polar surface area (TPSA) is 33.5 Å². The first-order chi connectivity index (χ1) is 10.3. The van der Waals surface area contributed by atoms with Crippen molar-refractivity contribution in [1.29, 1.82) is 0 Å². The Balaban J connectivity index is 1.90. The van der Waals surface area contributed by atoms with E-state index in [0.717, 1.165) is 25.1 Å². The molecule has 2 aromatic rings. The average molecular weight is 283 g/mol. The highest BCUT2D eigenvalue weighted by Crippen LogP contribution is 2.31. The van der Waals surface area contributed by atoms with Crippen molar-refractivity contribution in [2.75, 3.05) is 6.54 Å². The van der Waals surface area contributed by atoms with Crippen LogP contribution < -0.4 is 0 Å². The Bertz CT molecular complexity index is 603. The van der Waals surface area contributed by atoms with Crippen LogP contribution in [-0.4, -0.2) is 17.4 Å². The summed E-state index contributed by atoms with van der Waals surface area (Å²) < 4.78 is 5.53. The van der Waals surface area contributed by atoms with E-state index in [2.05, 4.69) is 12.1 Å². The standard InChI is InChI=1S/C18H21NO2/c1-14-11-12-17(21-14)18(20)19-13-7-3-6-10-16(19)15-8-4-2-5-9-15/h2,4-5,8-9,11-12,16H,3,6-7,10,13H2,1H3. The summed E-state index contributed by atoms with van der Waals surface area (Å²) >= 11 is 0. The lowest BCUT2D eigenvalue weighted by atomic mass is 10.0. The van der Waals surface area contributed by atoms with Gasteiger partial charge in [-0.15, -0.1) is 0 Å². The first-order valence-corrected chi connectivity index (χ1v) is 7.68. The third-order valence-electron chi connectivity index (χ3n) is 4.15. The highest BCUT2D eigenvalue weighted by molar-refractivity contribution is 5.91. The monoisotopic (exact) mass is 283 g/mol. The van der Waals surface area contributed by atoms with Crippen LogP contribution in [-0.2, 0) is 0 Å². The molecule has 0 radical (unpaired) electrons. The van der Waals surface area contributed by atoms with E-state index >= 15 is 0 Å². The molecule has 1 unspecified atom stereocenters. The summed E-state index contributed by atoms with van der Waals surface area (Å²) in [5.41, 5.74) is 1.22. The summed E-state index contributed by atoms with van der Waals surface area (Å²) in [6, 6.07) is 14.1. The number of rotatable bonds is 2. The molecule has 1 aliphatic heterocycles. The van der Waals surface area contributed by atoms with Gasteiger partial charge in [-0.2, -0.15) is 0 Å². The molecule has 3 rings (SSSR count). The molecule has 0 bridgehead atoms. The van der Waals surface area contributed by atoms with Gasteiger partial charge in [-0.05, 0) is 37.5 Å². The molecule has 1 aliphatic rings. The van der Waals surface area contributed by atoms with Crippen molar-refractivity contribution in [1.82, 2.24) is 4.90 Å². The lowest BCUT2D eigenvalue weighted by molar-refractivity contribution is 0.0646. The van der Waals surface area contributed by atoms with E-state index in [0.29, 0.717) is 5.76 Å². The molecule has 1 aromatic heterocycles. The summed E-state index contributed by atoms with van der Waals surface area (Å²) in [5, 5.41) is 0. The maximum absolute atomic E-state index is 12.8. The molecule has 1 aromatic carbocycles. The third kappa shape index (κ3) is 3.02. The summed E-state index contributed by atoms with van der Waals surface area (Å²) in [4.78, 5) is 14.8. The second kappa shape index (κ2) is 6.17. The van der Waals surface area contributed by atoms with Gasteiger partial charge in [0.25, 0.3) is 5.91 Å². The number of carbonyl (C=O) groups is 1. The minimum Gasteiger partial charge on any atom is -0.456 e. The lowest BCUT2D eigenvalue weighted by Gasteiger charge is -2.29. The van der Waals surface area contributed by atoms with Crippen molar-refractivity contribution >= 4 is 5.91 Å². The minimum atomic E-state index is 0.0128. The van der Waals surface area contributed by atoms with Gasteiger partial charge in [0.2, 0.25) is 0 Å². The van der Waals surface area contributed by atoms with Gasteiger partial charge in [0.05, 0.1) is 6.04 Å². The SMILES string of the molecule is Cc1ccc(C(=O)N2CCCCCC2c2ccccc2)o1. The minimum absolute atomic E-state index is 0.0128. The van der Waals surface area contributed by atoms with Crippen molar-refractivity contribution in [3.05, 3.63) is 59.5 Å². The zero-order chi connectivity index (χ0) is 14.7. The fraction of sp³-hybridized carbons (Fsp3) is 0.389. The second-order valence-electron chi connectivity index (χ2n) is 5.68. The Kier molecular flexibility index (Phi) is 4.09. The average Bonchev–Trinajstić information content (AvgIpc) is 2.81. The molecular weight excluding hydrogens is 262 g/mol. The Hall–Kier alpha value is -2.03. The van der Waals surface area contributed by atoms with E-state index in [1.807, 2.05) is 36.1 Å². The molecule has 1 atom stereocenters. The molecule has 1 fully saturated rings. The van der Waals surface area contributed by atoms with Crippen LogP contribution in [0, 0.1) is 6.92 Å². The van der Waals surface area contributed by atoms with Crippen LogP contribution in [0.2, 0.25) is 0 Å². The summed E-state index contributed by atoms with van der Waals surface area (Å²) in [5.74, 6) is 1.25. The zero-order valence-electron chi connectivity index (χ0n) is 12.4. The maximum atomic E-state index is 12.8. The van der Waals surface area contributed by atoms with Gasteiger partial charge in [0.15, 0.2) is 5.76 Å². The molecular formula is C18H21NO2. The van der Waals surface area contributed by atoms with Crippen molar-refractivity contribution in [2.45, 2.75) is 38.6 Å². The predicted molar refractivity (Wildman–Crippen MR) is 82.1 cm³/mol. The Labute approximate surface area is 125 Å². The van der Waals surface area contributed by atoms with Crippen LogP contribution in [0.5, 0.6) is 0 Å². The third-order valence-corrected chi connectivity index (χ3v) is 4.15. The molecule has 110 valence electrons. The number of aryl methyl sites for hydroxylation is 1. The molecule has 3 nitrogen and oxygen atoms in total.